The molecule has 2 aromatic rings. The van der Waals surface area contributed by atoms with Crippen LogP contribution in [0.1, 0.15) is 17.2 Å². The lowest BCUT2D eigenvalue weighted by Gasteiger charge is -2.31. The molecule has 10 heteroatoms. The monoisotopic (exact) mass is 447 g/mol. The van der Waals surface area contributed by atoms with Crippen molar-refractivity contribution in [1.82, 2.24) is 10.2 Å². The fourth-order valence-electron chi connectivity index (χ4n) is 3.87. The molecule has 7 nitrogen and oxygen atoms in total. The summed E-state index contributed by atoms with van der Waals surface area (Å²) < 4.78 is 50.1. The number of halogens is 3. The van der Waals surface area contributed by atoms with Crippen LogP contribution in [0.5, 0.6) is 11.5 Å². The maximum atomic E-state index is 13.4. The smallest absolute Gasteiger partial charge is 0.416 e. The number of methoxy groups -OCH3 is 2. The van der Waals surface area contributed by atoms with Crippen LogP contribution < -0.4 is 19.7 Å². The Morgan fingerprint density at radius 2 is 1.69 bits per heavy atom. The van der Waals surface area contributed by atoms with Crippen molar-refractivity contribution in [2.45, 2.75) is 12.2 Å². The summed E-state index contributed by atoms with van der Waals surface area (Å²) in [5.74, 6) is 0.447. The third kappa shape index (κ3) is 3.61. The molecule has 4 rings (SSSR count). The fourth-order valence-corrected chi connectivity index (χ4v) is 3.87. The molecular formula is C22H20F3N3O4. The number of rotatable bonds is 4. The van der Waals surface area contributed by atoms with Crippen LogP contribution in [0.4, 0.5) is 23.7 Å². The summed E-state index contributed by atoms with van der Waals surface area (Å²) in [4.78, 5) is 28.5. The quantitative estimate of drug-likeness (QED) is 0.776. The Hall–Kier alpha value is -3.69. The molecule has 2 aromatic carbocycles. The second-order valence-electron chi connectivity index (χ2n) is 7.39. The van der Waals surface area contributed by atoms with Gasteiger partial charge in [-0.25, -0.2) is 4.79 Å². The standard InChI is InChI=1S/C22H20F3N3O4/c1-27-17-11-28(14-6-4-5-13(9-14)22(23,24)25)20(29)18(17)19(26-21(27)30)12-7-15(31-2)10-16(8-12)32-3/h4-10,19H,11H2,1-3H3,(H,26,30). The summed E-state index contributed by atoms with van der Waals surface area (Å²) in [6.07, 6.45) is -4.54. The van der Waals surface area contributed by atoms with Gasteiger partial charge in [-0.2, -0.15) is 13.2 Å². The SMILES string of the molecule is COc1cc(OC)cc(C2NC(=O)N(C)C3=C2C(=O)N(c2cccc(C(F)(F)F)c2)C3)c1. The molecule has 3 amide bonds. The van der Waals surface area contributed by atoms with Gasteiger partial charge >= 0.3 is 12.2 Å². The molecule has 2 aliphatic heterocycles. The lowest BCUT2D eigenvalue weighted by atomic mass is 9.95. The van der Waals surface area contributed by atoms with Crippen molar-refractivity contribution in [3.8, 4) is 11.5 Å². The lowest BCUT2D eigenvalue weighted by molar-refractivity contribution is -0.137. The number of anilines is 1. The Labute approximate surface area is 182 Å². The maximum Gasteiger partial charge on any atom is 0.416 e. The van der Waals surface area contributed by atoms with Crippen molar-refractivity contribution < 1.29 is 32.2 Å². The van der Waals surface area contributed by atoms with E-state index < -0.39 is 29.7 Å². The fraction of sp³-hybridized carbons (Fsp3) is 0.273. The number of benzene rings is 2. The number of hydrogen-bond acceptors (Lipinski definition) is 4. The Kier molecular flexibility index (Phi) is 5.23. The van der Waals surface area contributed by atoms with Gasteiger partial charge in [0.05, 0.1) is 43.6 Å². The first kappa shape index (κ1) is 21.5. The molecule has 1 unspecified atom stereocenters. The zero-order valence-electron chi connectivity index (χ0n) is 17.5. The van der Waals surface area contributed by atoms with Crippen LogP contribution in [0, 0.1) is 0 Å². The van der Waals surface area contributed by atoms with Crippen LogP contribution in [-0.4, -0.2) is 44.7 Å². The predicted molar refractivity (Wildman–Crippen MR) is 109 cm³/mol. The van der Waals surface area contributed by atoms with Gasteiger partial charge in [0.1, 0.15) is 11.5 Å². The van der Waals surface area contributed by atoms with Gasteiger partial charge in [-0.3, -0.25) is 9.69 Å². The van der Waals surface area contributed by atoms with E-state index in [2.05, 4.69) is 5.32 Å². The summed E-state index contributed by atoms with van der Waals surface area (Å²) in [5.41, 5.74) is 0.489. The van der Waals surface area contributed by atoms with Crippen molar-refractivity contribution in [1.29, 1.82) is 0 Å². The highest BCUT2D eigenvalue weighted by atomic mass is 19.4. The molecule has 168 valence electrons. The highest BCUT2D eigenvalue weighted by Gasteiger charge is 2.44. The Balaban J connectivity index is 1.77. The zero-order valence-corrected chi connectivity index (χ0v) is 17.5. The van der Waals surface area contributed by atoms with Crippen molar-refractivity contribution >= 4 is 17.6 Å². The molecule has 0 aliphatic carbocycles. The Morgan fingerprint density at radius 3 is 2.28 bits per heavy atom. The number of hydrogen-bond donors (Lipinski definition) is 1. The van der Waals surface area contributed by atoms with E-state index in [0.717, 1.165) is 12.1 Å². The van der Waals surface area contributed by atoms with E-state index in [0.29, 0.717) is 22.8 Å². The summed E-state index contributed by atoms with van der Waals surface area (Å²) >= 11 is 0. The topological polar surface area (TPSA) is 71.1 Å². The minimum atomic E-state index is -4.54. The molecule has 0 radical (unpaired) electrons. The molecule has 0 aromatic heterocycles. The average Bonchev–Trinajstić information content (AvgIpc) is 3.12. The number of nitrogens with zero attached hydrogens (tertiary/aromatic N) is 2. The van der Waals surface area contributed by atoms with Gasteiger partial charge in [-0.15, -0.1) is 0 Å². The second kappa shape index (κ2) is 7.77. The van der Waals surface area contributed by atoms with Crippen molar-refractivity contribution in [2.24, 2.45) is 0 Å². The molecule has 1 atom stereocenters. The molecule has 0 saturated carbocycles. The van der Waals surface area contributed by atoms with E-state index >= 15 is 0 Å². The Bertz CT molecular complexity index is 1110. The molecule has 0 bridgehead atoms. The number of nitrogens with one attached hydrogen (secondary N) is 1. The zero-order chi connectivity index (χ0) is 23.2. The molecule has 2 heterocycles. The van der Waals surface area contributed by atoms with Gasteiger partial charge in [0, 0.05) is 18.8 Å². The third-order valence-electron chi connectivity index (χ3n) is 5.55. The van der Waals surface area contributed by atoms with Gasteiger partial charge in [0.2, 0.25) is 0 Å². The number of alkyl halides is 3. The highest BCUT2D eigenvalue weighted by molar-refractivity contribution is 6.11. The first-order valence-electron chi connectivity index (χ1n) is 9.63. The van der Waals surface area contributed by atoms with Gasteiger partial charge < -0.3 is 19.7 Å². The summed E-state index contributed by atoms with van der Waals surface area (Å²) in [6.45, 7) is -0.0308. The highest BCUT2D eigenvalue weighted by Crippen LogP contribution is 2.40. The van der Waals surface area contributed by atoms with E-state index in [4.69, 9.17) is 9.47 Å². The summed E-state index contributed by atoms with van der Waals surface area (Å²) in [6, 6.07) is 8.30. The summed E-state index contributed by atoms with van der Waals surface area (Å²) in [5, 5.41) is 2.79. The van der Waals surface area contributed by atoms with E-state index in [1.807, 2.05) is 0 Å². The van der Waals surface area contributed by atoms with Gasteiger partial charge in [-0.1, -0.05) is 6.07 Å². The molecular weight excluding hydrogens is 427 g/mol. The van der Waals surface area contributed by atoms with Crippen LogP contribution in [0.15, 0.2) is 53.7 Å². The van der Waals surface area contributed by atoms with Gasteiger partial charge in [-0.05, 0) is 35.9 Å². The largest absolute Gasteiger partial charge is 0.497 e. The number of likely N-dealkylation sites (N-methyl/N-ethyl adjacent to an activating group) is 1. The lowest BCUT2D eigenvalue weighted by Crippen LogP contribution is -2.45. The molecule has 0 fully saturated rings. The normalized spacial score (nSPS) is 18.6. The van der Waals surface area contributed by atoms with E-state index in [-0.39, 0.29) is 17.8 Å². The summed E-state index contributed by atoms with van der Waals surface area (Å²) in [7, 11) is 4.47. The van der Waals surface area contributed by atoms with Crippen molar-refractivity contribution in [3.63, 3.8) is 0 Å². The maximum absolute atomic E-state index is 13.4. The molecule has 0 spiro atoms. The average molecular weight is 447 g/mol. The second-order valence-corrected chi connectivity index (χ2v) is 7.39. The van der Waals surface area contributed by atoms with Crippen LogP contribution in [0.3, 0.4) is 0 Å². The van der Waals surface area contributed by atoms with Crippen LogP contribution in [0.2, 0.25) is 0 Å². The molecule has 2 aliphatic rings. The number of ether oxygens (including phenoxy) is 2. The minimum absolute atomic E-state index is 0.0308. The van der Waals surface area contributed by atoms with Gasteiger partial charge in [0.25, 0.3) is 5.91 Å². The number of carbonyl (C=O) groups excluding carboxylic acids is 2. The van der Waals surface area contributed by atoms with Crippen LogP contribution >= 0.6 is 0 Å². The van der Waals surface area contributed by atoms with Crippen molar-refractivity contribution in [2.75, 3.05) is 32.7 Å². The number of carbonyl (C=O) groups is 2. The van der Waals surface area contributed by atoms with Gasteiger partial charge in [0.15, 0.2) is 0 Å². The predicted octanol–water partition coefficient (Wildman–Crippen LogP) is 3.72. The number of urea groups is 1. The third-order valence-corrected chi connectivity index (χ3v) is 5.55. The van der Waals surface area contributed by atoms with Crippen LogP contribution in [-0.2, 0) is 11.0 Å². The van der Waals surface area contributed by atoms with E-state index in [1.165, 1.54) is 43.2 Å². The van der Waals surface area contributed by atoms with Crippen molar-refractivity contribution in [3.05, 3.63) is 64.9 Å². The van der Waals surface area contributed by atoms with E-state index in [9.17, 15) is 22.8 Å². The molecule has 0 saturated heterocycles. The first-order chi connectivity index (χ1) is 15.1. The number of amides is 3. The van der Waals surface area contributed by atoms with E-state index in [1.54, 1.807) is 18.2 Å². The van der Waals surface area contributed by atoms with Crippen LogP contribution in [0.25, 0.3) is 0 Å². The first-order valence-corrected chi connectivity index (χ1v) is 9.63. The molecule has 32 heavy (non-hydrogen) atoms. The minimum Gasteiger partial charge on any atom is -0.497 e. The Morgan fingerprint density at radius 1 is 1.03 bits per heavy atom. The molecule has 1 N–H and O–H groups in total.